The largest absolute Gasteiger partial charge is 0.497 e. The van der Waals surface area contributed by atoms with Crippen LogP contribution in [0.1, 0.15) is 18.5 Å². The smallest absolute Gasteiger partial charge is 0.228 e. The lowest BCUT2D eigenvalue weighted by Gasteiger charge is -2.40. The van der Waals surface area contributed by atoms with Crippen LogP contribution in [-0.4, -0.2) is 62.1 Å². The Hall–Kier alpha value is -1.59. The van der Waals surface area contributed by atoms with Crippen molar-refractivity contribution in [3.05, 3.63) is 29.8 Å². The van der Waals surface area contributed by atoms with Crippen LogP contribution in [0.2, 0.25) is 0 Å². The van der Waals surface area contributed by atoms with E-state index in [2.05, 4.69) is 29.3 Å². The second kappa shape index (κ2) is 6.67. The van der Waals surface area contributed by atoms with Crippen LogP contribution in [0.4, 0.5) is 0 Å². The van der Waals surface area contributed by atoms with Crippen molar-refractivity contribution >= 4 is 5.91 Å². The van der Waals surface area contributed by atoms with Crippen molar-refractivity contribution in [2.24, 2.45) is 5.92 Å². The molecule has 2 aliphatic rings. The number of carbonyl (C=O) groups excluding carboxylic acids is 1. The van der Waals surface area contributed by atoms with Crippen LogP contribution in [0.15, 0.2) is 24.3 Å². The fraction of sp³-hybridized carbons (Fsp3) is 0.588. The molecule has 1 aromatic carbocycles. The number of carbonyl (C=O) groups is 1. The van der Waals surface area contributed by atoms with Crippen molar-refractivity contribution in [2.75, 3.05) is 46.4 Å². The molecule has 2 aliphatic heterocycles. The van der Waals surface area contributed by atoms with Crippen molar-refractivity contribution in [3.8, 4) is 5.75 Å². The van der Waals surface area contributed by atoms with Crippen molar-refractivity contribution in [3.63, 3.8) is 0 Å². The number of hydrogen-bond acceptors (Lipinski definition) is 4. The molecule has 2 saturated heterocycles. The van der Waals surface area contributed by atoms with E-state index in [1.807, 2.05) is 17.0 Å². The third kappa shape index (κ3) is 3.10. The Morgan fingerprint density at radius 3 is 2.59 bits per heavy atom. The quantitative estimate of drug-likeness (QED) is 0.905. The van der Waals surface area contributed by atoms with E-state index >= 15 is 0 Å². The zero-order chi connectivity index (χ0) is 15.5. The highest BCUT2D eigenvalue weighted by Gasteiger charge is 2.32. The van der Waals surface area contributed by atoms with Gasteiger partial charge < -0.3 is 15.0 Å². The fourth-order valence-corrected chi connectivity index (χ4v) is 3.16. The Morgan fingerprint density at radius 1 is 1.27 bits per heavy atom. The molecule has 1 aromatic rings. The summed E-state index contributed by atoms with van der Waals surface area (Å²) >= 11 is 0. The minimum absolute atomic E-state index is 0.211. The Kier molecular flexibility index (Phi) is 4.64. The molecule has 1 atom stereocenters. The van der Waals surface area contributed by atoms with Crippen LogP contribution in [0.25, 0.3) is 0 Å². The topological polar surface area (TPSA) is 44.8 Å². The zero-order valence-corrected chi connectivity index (χ0v) is 13.4. The Labute approximate surface area is 132 Å². The summed E-state index contributed by atoms with van der Waals surface area (Å²) < 4.78 is 5.31. The molecule has 0 bridgehead atoms. The van der Waals surface area contributed by atoms with Crippen LogP contribution < -0.4 is 10.1 Å². The number of rotatable bonds is 4. The molecule has 0 aliphatic carbocycles. The molecule has 0 aromatic heterocycles. The molecule has 3 rings (SSSR count). The number of nitrogens with zero attached hydrogens (tertiary/aromatic N) is 2. The van der Waals surface area contributed by atoms with E-state index in [-0.39, 0.29) is 5.92 Å². The van der Waals surface area contributed by atoms with Gasteiger partial charge in [-0.2, -0.15) is 0 Å². The van der Waals surface area contributed by atoms with E-state index in [4.69, 9.17) is 4.74 Å². The van der Waals surface area contributed by atoms with Gasteiger partial charge in [-0.05, 0) is 24.6 Å². The summed E-state index contributed by atoms with van der Waals surface area (Å²) in [4.78, 5) is 16.7. The summed E-state index contributed by atoms with van der Waals surface area (Å²) in [6.45, 7) is 7.46. The van der Waals surface area contributed by atoms with Crippen LogP contribution in [0, 0.1) is 5.92 Å². The van der Waals surface area contributed by atoms with Crippen molar-refractivity contribution < 1.29 is 9.53 Å². The lowest BCUT2D eigenvalue weighted by molar-refractivity contribution is -0.139. The minimum atomic E-state index is 0.211. The first-order valence-electron chi connectivity index (χ1n) is 8.06. The highest BCUT2D eigenvalue weighted by atomic mass is 16.5. The van der Waals surface area contributed by atoms with Crippen LogP contribution in [0.5, 0.6) is 5.75 Å². The minimum Gasteiger partial charge on any atom is -0.497 e. The summed E-state index contributed by atoms with van der Waals surface area (Å²) in [7, 11) is 1.70. The predicted octanol–water partition coefficient (Wildman–Crippen LogP) is 1.12. The average molecular weight is 303 g/mol. The Morgan fingerprint density at radius 2 is 2.00 bits per heavy atom. The molecule has 22 heavy (non-hydrogen) atoms. The number of ether oxygens (including phenoxy) is 1. The molecular formula is C17H25N3O2. The normalized spacial score (nSPS) is 21.3. The van der Waals surface area contributed by atoms with Gasteiger partial charge in [-0.1, -0.05) is 12.1 Å². The van der Waals surface area contributed by atoms with Gasteiger partial charge in [-0.25, -0.2) is 0 Å². The molecule has 120 valence electrons. The SMILES string of the molecule is COc1cccc(C(C)N2CCN(C(=O)C3CNC3)CC2)c1. The molecule has 1 amide bonds. The second-order valence-electron chi connectivity index (χ2n) is 6.17. The summed E-state index contributed by atoms with van der Waals surface area (Å²) in [6.07, 6.45) is 0. The summed E-state index contributed by atoms with van der Waals surface area (Å²) in [5.74, 6) is 1.44. The third-order valence-electron chi connectivity index (χ3n) is 4.88. The highest BCUT2D eigenvalue weighted by molar-refractivity contribution is 5.80. The third-order valence-corrected chi connectivity index (χ3v) is 4.88. The fourth-order valence-electron chi connectivity index (χ4n) is 3.16. The number of hydrogen-bond donors (Lipinski definition) is 1. The van der Waals surface area contributed by atoms with E-state index in [9.17, 15) is 4.79 Å². The summed E-state index contributed by atoms with van der Waals surface area (Å²) in [6, 6.07) is 8.60. The molecule has 5 nitrogen and oxygen atoms in total. The average Bonchev–Trinajstić information content (AvgIpc) is 2.52. The highest BCUT2D eigenvalue weighted by Crippen LogP contribution is 2.25. The first-order chi connectivity index (χ1) is 10.7. The Balaban J connectivity index is 1.57. The molecular weight excluding hydrogens is 278 g/mol. The maximum Gasteiger partial charge on any atom is 0.228 e. The van der Waals surface area contributed by atoms with Gasteiger partial charge in [0.2, 0.25) is 5.91 Å². The summed E-state index contributed by atoms with van der Waals surface area (Å²) in [5.41, 5.74) is 1.27. The lowest BCUT2D eigenvalue weighted by Crippen LogP contribution is -2.56. The molecule has 2 heterocycles. The van der Waals surface area contributed by atoms with Gasteiger partial charge >= 0.3 is 0 Å². The van der Waals surface area contributed by atoms with Gasteiger partial charge in [0.15, 0.2) is 0 Å². The molecule has 0 saturated carbocycles. The van der Waals surface area contributed by atoms with Gasteiger partial charge in [0.05, 0.1) is 13.0 Å². The van der Waals surface area contributed by atoms with E-state index in [1.54, 1.807) is 7.11 Å². The van der Waals surface area contributed by atoms with Crippen LogP contribution in [-0.2, 0) is 4.79 Å². The number of nitrogens with one attached hydrogen (secondary N) is 1. The molecule has 0 spiro atoms. The first kappa shape index (κ1) is 15.3. The lowest BCUT2D eigenvalue weighted by atomic mass is 10.0. The zero-order valence-electron chi connectivity index (χ0n) is 13.4. The van der Waals surface area contributed by atoms with Crippen molar-refractivity contribution in [1.29, 1.82) is 0 Å². The molecule has 5 heteroatoms. The molecule has 1 unspecified atom stereocenters. The predicted molar refractivity (Wildman–Crippen MR) is 85.9 cm³/mol. The number of benzene rings is 1. The van der Waals surface area contributed by atoms with Gasteiger partial charge in [0, 0.05) is 45.3 Å². The van der Waals surface area contributed by atoms with Gasteiger partial charge in [0.25, 0.3) is 0 Å². The van der Waals surface area contributed by atoms with Gasteiger partial charge in [0.1, 0.15) is 5.75 Å². The van der Waals surface area contributed by atoms with Crippen molar-refractivity contribution in [2.45, 2.75) is 13.0 Å². The Bertz CT molecular complexity index is 522. The van der Waals surface area contributed by atoms with Gasteiger partial charge in [-0.15, -0.1) is 0 Å². The number of amides is 1. The number of methoxy groups -OCH3 is 1. The molecule has 0 radical (unpaired) electrons. The summed E-state index contributed by atoms with van der Waals surface area (Å²) in [5, 5.41) is 3.17. The molecule has 2 fully saturated rings. The van der Waals surface area contributed by atoms with Gasteiger partial charge in [-0.3, -0.25) is 9.69 Å². The number of piperazine rings is 1. The van der Waals surface area contributed by atoms with E-state index < -0.39 is 0 Å². The van der Waals surface area contributed by atoms with Crippen LogP contribution >= 0.6 is 0 Å². The maximum absolute atomic E-state index is 12.3. The van der Waals surface area contributed by atoms with Crippen molar-refractivity contribution in [1.82, 2.24) is 15.1 Å². The van der Waals surface area contributed by atoms with E-state index in [0.717, 1.165) is 45.0 Å². The van der Waals surface area contributed by atoms with Crippen LogP contribution in [0.3, 0.4) is 0 Å². The standard InChI is InChI=1S/C17H25N3O2/c1-13(14-4-3-5-16(10-14)22-2)19-6-8-20(9-7-19)17(21)15-11-18-12-15/h3-5,10,13,15,18H,6-9,11-12H2,1-2H3. The van der Waals surface area contributed by atoms with E-state index in [0.29, 0.717) is 11.9 Å². The second-order valence-corrected chi connectivity index (χ2v) is 6.17. The maximum atomic E-state index is 12.3. The van der Waals surface area contributed by atoms with E-state index in [1.165, 1.54) is 5.56 Å². The monoisotopic (exact) mass is 303 g/mol. The molecule has 1 N–H and O–H groups in total. The first-order valence-corrected chi connectivity index (χ1v) is 8.06.